The van der Waals surface area contributed by atoms with Crippen molar-refractivity contribution in [2.75, 3.05) is 0 Å². The predicted octanol–water partition coefficient (Wildman–Crippen LogP) is 3.41. The summed E-state index contributed by atoms with van der Waals surface area (Å²) in [6.07, 6.45) is -0.161. The van der Waals surface area contributed by atoms with Gasteiger partial charge >= 0.3 is 0 Å². The first-order valence-electron chi connectivity index (χ1n) is 6.76. The number of benzene rings is 2. The first-order chi connectivity index (χ1) is 9.99. The summed E-state index contributed by atoms with van der Waals surface area (Å²) < 4.78 is 26.7. The molecule has 2 aromatic carbocycles. The van der Waals surface area contributed by atoms with E-state index in [1.807, 2.05) is 30.3 Å². The lowest BCUT2D eigenvalue weighted by molar-refractivity contribution is -0.122. The highest BCUT2D eigenvalue weighted by Gasteiger charge is 2.23. The summed E-state index contributed by atoms with van der Waals surface area (Å²) in [5.74, 6) is -1.82. The van der Waals surface area contributed by atoms with Gasteiger partial charge in [-0.15, -0.1) is 0 Å². The quantitative estimate of drug-likeness (QED) is 0.916. The van der Waals surface area contributed by atoms with E-state index >= 15 is 0 Å². The molecule has 0 aromatic heterocycles. The summed E-state index contributed by atoms with van der Waals surface area (Å²) in [6, 6.07) is 11.9. The summed E-state index contributed by atoms with van der Waals surface area (Å²) in [6.45, 7) is 1.71. The van der Waals surface area contributed by atoms with Crippen molar-refractivity contribution < 1.29 is 13.6 Å². The Hall–Kier alpha value is -2.07. The zero-order chi connectivity index (χ0) is 15.4. The van der Waals surface area contributed by atoms with E-state index in [4.69, 9.17) is 5.73 Å². The Kier molecular flexibility index (Phi) is 4.81. The fraction of sp³-hybridized carbons (Fsp3) is 0.235. The molecule has 0 aliphatic carbocycles. The van der Waals surface area contributed by atoms with Crippen molar-refractivity contribution in [1.82, 2.24) is 0 Å². The van der Waals surface area contributed by atoms with Gasteiger partial charge in [-0.25, -0.2) is 8.78 Å². The fourth-order valence-corrected chi connectivity index (χ4v) is 2.19. The molecule has 2 nitrogen and oxygen atoms in total. The molecule has 110 valence electrons. The average molecular weight is 289 g/mol. The van der Waals surface area contributed by atoms with Gasteiger partial charge in [-0.1, -0.05) is 37.3 Å². The van der Waals surface area contributed by atoms with Gasteiger partial charge in [0.25, 0.3) is 0 Å². The highest BCUT2D eigenvalue weighted by atomic mass is 19.1. The Morgan fingerprint density at radius 1 is 1.14 bits per heavy atom. The topological polar surface area (TPSA) is 43.1 Å². The van der Waals surface area contributed by atoms with E-state index in [0.717, 1.165) is 23.8 Å². The van der Waals surface area contributed by atoms with Crippen molar-refractivity contribution in [3.05, 3.63) is 71.3 Å². The number of nitrogens with two attached hydrogens (primary N) is 1. The zero-order valence-electron chi connectivity index (χ0n) is 11.7. The van der Waals surface area contributed by atoms with Crippen LogP contribution in [0.4, 0.5) is 8.78 Å². The Balaban J connectivity index is 2.11. The average Bonchev–Trinajstić information content (AvgIpc) is 2.50. The zero-order valence-corrected chi connectivity index (χ0v) is 11.7. The third kappa shape index (κ3) is 3.73. The van der Waals surface area contributed by atoms with Gasteiger partial charge in [0.05, 0.1) is 0 Å². The number of hydrogen-bond acceptors (Lipinski definition) is 2. The van der Waals surface area contributed by atoms with E-state index in [1.165, 1.54) is 0 Å². The number of ketones is 1. The number of halogens is 2. The summed E-state index contributed by atoms with van der Waals surface area (Å²) in [4.78, 5) is 12.2. The van der Waals surface area contributed by atoms with Crippen LogP contribution in [-0.2, 0) is 11.2 Å². The molecule has 0 fully saturated rings. The maximum atomic E-state index is 13.6. The van der Waals surface area contributed by atoms with Crippen LogP contribution in [0.15, 0.2) is 48.5 Å². The second kappa shape index (κ2) is 6.59. The van der Waals surface area contributed by atoms with Crippen LogP contribution in [0.3, 0.4) is 0 Å². The smallest absolute Gasteiger partial charge is 0.142 e. The van der Waals surface area contributed by atoms with E-state index in [-0.39, 0.29) is 17.8 Å². The van der Waals surface area contributed by atoms with Crippen LogP contribution in [0.2, 0.25) is 0 Å². The standard InChI is InChI=1S/C17H17F2NO/c1-11(17(20)12-5-3-2-4-6-12)16(21)10-13-9-14(18)7-8-15(13)19/h2-9,11,17H,10,20H2,1H3. The normalized spacial score (nSPS) is 13.7. The Morgan fingerprint density at radius 3 is 2.48 bits per heavy atom. The molecule has 2 aromatic rings. The Labute approximate surface area is 122 Å². The molecular formula is C17H17F2NO. The Bertz CT molecular complexity index is 628. The minimum atomic E-state index is -0.578. The van der Waals surface area contributed by atoms with Crippen molar-refractivity contribution in [2.24, 2.45) is 11.7 Å². The molecule has 0 heterocycles. The van der Waals surface area contributed by atoms with Gasteiger partial charge < -0.3 is 5.73 Å². The summed E-state index contributed by atoms with van der Waals surface area (Å²) in [5, 5.41) is 0. The van der Waals surface area contributed by atoms with Crippen LogP contribution < -0.4 is 5.73 Å². The molecule has 2 N–H and O–H groups in total. The third-order valence-electron chi connectivity index (χ3n) is 3.60. The number of carbonyl (C=O) groups is 1. The molecule has 0 aliphatic rings. The van der Waals surface area contributed by atoms with E-state index in [2.05, 4.69) is 0 Å². The number of carbonyl (C=O) groups excluding carboxylic acids is 1. The van der Waals surface area contributed by atoms with E-state index < -0.39 is 23.6 Å². The molecule has 0 saturated heterocycles. The van der Waals surface area contributed by atoms with Gasteiger partial charge in [0.2, 0.25) is 0 Å². The summed E-state index contributed by atoms with van der Waals surface area (Å²) in [7, 11) is 0. The molecule has 0 amide bonds. The van der Waals surface area contributed by atoms with Crippen LogP contribution in [0.25, 0.3) is 0 Å². The number of Topliss-reactive ketones (excluding diaryl/α,β-unsaturated/α-hetero) is 1. The van der Waals surface area contributed by atoms with E-state index in [0.29, 0.717) is 0 Å². The third-order valence-corrected chi connectivity index (χ3v) is 3.60. The maximum Gasteiger partial charge on any atom is 0.142 e. The maximum absolute atomic E-state index is 13.6. The molecule has 4 heteroatoms. The van der Waals surface area contributed by atoms with E-state index in [9.17, 15) is 13.6 Å². The van der Waals surface area contributed by atoms with Crippen molar-refractivity contribution in [1.29, 1.82) is 0 Å². The van der Waals surface area contributed by atoms with Crippen molar-refractivity contribution in [3.63, 3.8) is 0 Å². The van der Waals surface area contributed by atoms with Gasteiger partial charge in [0.15, 0.2) is 0 Å². The molecule has 2 unspecified atom stereocenters. The minimum absolute atomic E-state index is 0.0621. The fourth-order valence-electron chi connectivity index (χ4n) is 2.19. The van der Waals surface area contributed by atoms with Crippen molar-refractivity contribution in [3.8, 4) is 0 Å². The van der Waals surface area contributed by atoms with Crippen LogP contribution in [0.5, 0.6) is 0 Å². The molecule has 0 saturated carbocycles. The first-order valence-corrected chi connectivity index (χ1v) is 6.76. The van der Waals surface area contributed by atoms with Gasteiger partial charge in [-0.3, -0.25) is 4.79 Å². The second-order valence-electron chi connectivity index (χ2n) is 5.10. The Morgan fingerprint density at radius 2 is 1.81 bits per heavy atom. The van der Waals surface area contributed by atoms with Gasteiger partial charge in [-0.05, 0) is 29.3 Å². The highest BCUT2D eigenvalue weighted by molar-refractivity contribution is 5.83. The highest BCUT2D eigenvalue weighted by Crippen LogP contribution is 2.22. The molecule has 0 spiro atoms. The van der Waals surface area contributed by atoms with Crippen molar-refractivity contribution in [2.45, 2.75) is 19.4 Å². The first kappa shape index (κ1) is 15.3. The lowest BCUT2D eigenvalue weighted by Gasteiger charge is -2.19. The monoisotopic (exact) mass is 289 g/mol. The van der Waals surface area contributed by atoms with Gasteiger partial charge in [0.1, 0.15) is 17.4 Å². The predicted molar refractivity (Wildman–Crippen MR) is 77.6 cm³/mol. The molecule has 0 radical (unpaired) electrons. The lowest BCUT2D eigenvalue weighted by atomic mass is 9.89. The molecule has 2 rings (SSSR count). The van der Waals surface area contributed by atoms with Crippen molar-refractivity contribution >= 4 is 5.78 Å². The molecule has 21 heavy (non-hydrogen) atoms. The largest absolute Gasteiger partial charge is 0.323 e. The lowest BCUT2D eigenvalue weighted by Crippen LogP contribution is -2.27. The van der Waals surface area contributed by atoms with Crippen LogP contribution in [0.1, 0.15) is 24.1 Å². The molecule has 0 bridgehead atoms. The van der Waals surface area contributed by atoms with Gasteiger partial charge in [0, 0.05) is 18.4 Å². The molecular weight excluding hydrogens is 272 g/mol. The van der Waals surface area contributed by atoms with Crippen LogP contribution in [0, 0.1) is 17.6 Å². The number of rotatable bonds is 5. The van der Waals surface area contributed by atoms with Gasteiger partial charge in [-0.2, -0.15) is 0 Å². The summed E-state index contributed by atoms with van der Waals surface area (Å²) in [5.41, 5.74) is 6.98. The summed E-state index contributed by atoms with van der Waals surface area (Å²) >= 11 is 0. The molecule has 0 aliphatic heterocycles. The van der Waals surface area contributed by atoms with Crippen LogP contribution >= 0.6 is 0 Å². The van der Waals surface area contributed by atoms with Crippen LogP contribution in [-0.4, -0.2) is 5.78 Å². The molecule has 2 atom stereocenters. The van der Waals surface area contributed by atoms with E-state index in [1.54, 1.807) is 6.92 Å². The SMILES string of the molecule is CC(C(=O)Cc1cc(F)ccc1F)C(N)c1ccccc1. The minimum Gasteiger partial charge on any atom is -0.323 e. The second-order valence-corrected chi connectivity index (χ2v) is 5.10. The number of hydrogen-bond donors (Lipinski definition) is 1.